The Labute approximate surface area is 173 Å². The third kappa shape index (κ3) is 3.59. The number of fused-ring (bicyclic) bond motifs is 1. The molecule has 3 amide bonds. The van der Waals surface area contributed by atoms with E-state index < -0.39 is 18.0 Å². The van der Waals surface area contributed by atoms with Gasteiger partial charge in [-0.2, -0.15) is 0 Å². The van der Waals surface area contributed by atoms with Crippen molar-refractivity contribution in [3.05, 3.63) is 24.3 Å². The minimum atomic E-state index is -2.72. The van der Waals surface area contributed by atoms with Gasteiger partial charge >= 0.3 is 6.03 Å². The number of para-hydroxylation sites is 2. The van der Waals surface area contributed by atoms with Crippen molar-refractivity contribution in [2.45, 2.75) is 49.8 Å². The largest absolute Gasteiger partial charge is 0.486 e. The van der Waals surface area contributed by atoms with Gasteiger partial charge in [0.05, 0.1) is 6.04 Å². The maximum absolute atomic E-state index is 13.2. The molecule has 4 aliphatic rings. The number of likely N-dealkylation sites (tertiary alicyclic amines) is 1. The average Bonchev–Trinajstić information content (AvgIpc) is 3.00. The first-order chi connectivity index (χ1) is 14.4. The fourth-order valence-corrected chi connectivity index (χ4v) is 4.88. The summed E-state index contributed by atoms with van der Waals surface area (Å²) < 4.78 is 38.2. The van der Waals surface area contributed by atoms with Crippen LogP contribution in [0.25, 0.3) is 0 Å². The van der Waals surface area contributed by atoms with E-state index in [0.717, 1.165) is 30.9 Å². The minimum Gasteiger partial charge on any atom is -0.486 e. The van der Waals surface area contributed by atoms with E-state index in [-0.39, 0.29) is 37.4 Å². The molecule has 5 rings (SSSR count). The lowest BCUT2D eigenvalue weighted by Crippen LogP contribution is -2.55. The Morgan fingerprint density at radius 2 is 1.87 bits per heavy atom. The fourth-order valence-electron chi connectivity index (χ4n) is 4.88. The highest BCUT2D eigenvalue weighted by atomic mass is 19.3. The molecular weight excluding hydrogens is 396 g/mol. The zero-order valence-electron chi connectivity index (χ0n) is 16.6. The summed E-state index contributed by atoms with van der Waals surface area (Å²) in [5.74, 6) is -1.54. The second kappa shape index (κ2) is 7.37. The monoisotopic (exact) mass is 421 g/mol. The molecule has 1 aliphatic carbocycles. The molecule has 162 valence electrons. The SMILES string of the molecule is O=C1CN(C2CC(F)(F)C2)C(=O)N1[C@H]1CCCN(C[C@H]2COc3ccccc3O2)C1. The Morgan fingerprint density at radius 1 is 1.10 bits per heavy atom. The van der Waals surface area contributed by atoms with Crippen molar-refractivity contribution >= 4 is 11.9 Å². The second-order valence-corrected chi connectivity index (χ2v) is 8.65. The predicted octanol–water partition coefficient (Wildman–Crippen LogP) is 2.35. The van der Waals surface area contributed by atoms with Crippen molar-refractivity contribution in [3.63, 3.8) is 0 Å². The number of urea groups is 1. The van der Waals surface area contributed by atoms with Gasteiger partial charge in [-0.25, -0.2) is 13.6 Å². The van der Waals surface area contributed by atoms with Gasteiger partial charge in [-0.05, 0) is 31.5 Å². The van der Waals surface area contributed by atoms with Crippen LogP contribution in [0.15, 0.2) is 24.3 Å². The summed E-state index contributed by atoms with van der Waals surface area (Å²) in [5.41, 5.74) is 0. The zero-order valence-corrected chi connectivity index (χ0v) is 16.6. The molecule has 2 atom stereocenters. The molecule has 9 heteroatoms. The summed E-state index contributed by atoms with van der Waals surface area (Å²) in [6, 6.07) is 6.36. The van der Waals surface area contributed by atoms with Crippen LogP contribution in [0.1, 0.15) is 25.7 Å². The van der Waals surface area contributed by atoms with E-state index in [2.05, 4.69) is 4.90 Å². The van der Waals surface area contributed by atoms with Crippen LogP contribution in [0.3, 0.4) is 0 Å². The van der Waals surface area contributed by atoms with Gasteiger partial charge in [-0.1, -0.05) is 12.1 Å². The topological polar surface area (TPSA) is 62.3 Å². The van der Waals surface area contributed by atoms with Gasteiger partial charge in [-0.3, -0.25) is 14.6 Å². The van der Waals surface area contributed by atoms with Crippen molar-refractivity contribution < 1.29 is 27.8 Å². The van der Waals surface area contributed by atoms with Crippen LogP contribution in [0.4, 0.5) is 13.6 Å². The maximum atomic E-state index is 13.2. The minimum absolute atomic E-state index is 0.0908. The number of benzene rings is 1. The van der Waals surface area contributed by atoms with Gasteiger partial charge < -0.3 is 14.4 Å². The molecule has 0 aromatic heterocycles. The van der Waals surface area contributed by atoms with Gasteiger partial charge in [0.1, 0.15) is 19.3 Å². The summed E-state index contributed by atoms with van der Waals surface area (Å²) in [6.07, 6.45) is 0.757. The first kappa shape index (κ1) is 19.5. The van der Waals surface area contributed by atoms with Crippen LogP contribution in [-0.2, 0) is 4.79 Å². The molecule has 30 heavy (non-hydrogen) atoms. The molecule has 0 unspecified atom stereocenters. The van der Waals surface area contributed by atoms with Gasteiger partial charge in [0.15, 0.2) is 11.5 Å². The van der Waals surface area contributed by atoms with E-state index in [1.165, 1.54) is 9.80 Å². The number of imide groups is 1. The number of ether oxygens (including phenoxy) is 2. The van der Waals surface area contributed by atoms with E-state index in [1.54, 1.807) is 0 Å². The van der Waals surface area contributed by atoms with Crippen LogP contribution in [-0.4, -0.2) is 83.5 Å². The summed E-state index contributed by atoms with van der Waals surface area (Å²) in [5, 5.41) is 0. The Morgan fingerprint density at radius 3 is 2.63 bits per heavy atom. The molecule has 1 aromatic carbocycles. The van der Waals surface area contributed by atoms with Crippen LogP contribution < -0.4 is 9.47 Å². The van der Waals surface area contributed by atoms with Crippen molar-refractivity contribution in [1.29, 1.82) is 0 Å². The quantitative estimate of drug-likeness (QED) is 0.699. The number of hydrogen-bond donors (Lipinski definition) is 0. The normalized spacial score (nSPS) is 29.3. The third-order valence-corrected chi connectivity index (χ3v) is 6.41. The lowest BCUT2D eigenvalue weighted by atomic mass is 9.87. The Hall–Kier alpha value is -2.42. The highest BCUT2D eigenvalue weighted by Gasteiger charge is 2.53. The number of nitrogens with zero attached hydrogens (tertiary/aromatic N) is 3. The highest BCUT2D eigenvalue weighted by molar-refractivity contribution is 6.02. The Kier molecular flexibility index (Phi) is 4.80. The van der Waals surface area contributed by atoms with Crippen LogP contribution in [0.5, 0.6) is 11.5 Å². The number of piperidine rings is 1. The first-order valence-corrected chi connectivity index (χ1v) is 10.5. The molecule has 0 bridgehead atoms. The predicted molar refractivity (Wildman–Crippen MR) is 103 cm³/mol. The smallest absolute Gasteiger partial charge is 0.327 e. The zero-order chi connectivity index (χ0) is 20.9. The van der Waals surface area contributed by atoms with Crippen LogP contribution in [0.2, 0.25) is 0 Å². The Bertz CT molecular complexity index is 843. The highest BCUT2D eigenvalue weighted by Crippen LogP contribution is 2.42. The number of amides is 3. The molecular formula is C21H25F2N3O4. The molecule has 1 saturated carbocycles. The van der Waals surface area contributed by atoms with E-state index in [1.807, 2.05) is 24.3 Å². The number of carbonyl (C=O) groups is 2. The number of hydrogen-bond acceptors (Lipinski definition) is 5. The van der Waals surface area contributed by atoms with Crippen molar-refractivity contribution in [2.75, 3.05) is 32.8 Å². The first-order valence-electron chi connectivity index (χ1n) is 10.5. The molecule has 2 saturated heterocycles. The molecule has 3 aliphatic heterocycles. The molecule has 1 aromatic rings. The summed E-state index contributed by atoms with van der Waals surface area (Å²) >= 11 is 0. The summed E-state index contributed by atoms with van der Waals surface area (Å²) in [6.45, 7) is 2.41. The number of alkyl halides is 2. The van der Waals surface area contributed by atoms with E-state index in [4.69, 9.17) is 9.47 Å². The fraction of sp³-hybridized carbons (Fsp3) is 0.619. The standard InChI is InChI=1S/C21H25F2N3O4/c22-21(23)8-15(9-21)25-12-19(27)26(20(25)28)14-4-3-7-24(10-14)11-16-13-29-17-5-1-2-6-18(17)30-16/h1-2,5-6,14-16H,3-4,7-13H2/t14-,16-/m0/s1. The number of rotatable bonds is 4. The summed E-state index contributed by atoms with van der Waals surface area (Å²) in [4.78, 5) is 30.2. The van der Waals surface area contributed by atoms with Crippen molar-refractivity contribution in [3.8, 4) is 11.5 Å². The van der Waals surface area contributed by atoms with Gasteiger partial charge in [0, 0.05) is 32.0 Å². The molecule has 0 radical (unpaired) electrons. The van der Waals surface area contributed by atoms with Crippen molar-refractivity contribution in [1.82, 2.24) is 14.7 Å². The second-order valence-electron chi connectivity index (χ2n) is 8.65. The molecule has 0 N–H and O–H groups in total. The number of carbonyl (C=O) groups excluding carboxylic acids is 2. The van der Waals surface area contributed by atoms with Gasteiger partial charge in [-0.15, -0.1) is 0 Å². The number of halogens is 2. The van der Waals surface area contributed by atoms with Gasteiger partial charge in [0.25, 0.3) is 11.8 Å². The van der Waals surface area contributed by atoms with Crippen LogP contribution in [0, 0.1) is 0 Å². The van der Waals surface area contributed by atoms with Gasteiger partial charge in [0.2, 0.25) is 0 Å². The molecule has 3 fully saturated rings. The van der Waals surface area contributed by atoms with Crippen molar-refractivity contribution in [2.24, 2.45) is 0 Å². The Balaban J connectivity index is 1.20. The molecule has 7 nitrogen and oxygen atoms in total. The molecule has 3 heterocycles. The maximum Gasteiger partial charge on any atom is 0.327 e. The van der Waals surface area contributed by atoms with E-state index in [9.17, 15) is 18.4 Å². The molecule has 0 spiro atoms. The van der Waals surface area contributed by atoms with E-state index >= 15 is 0 Å². The lowest BCUT2D eigenvalue weighted by molar-refractivity contribution is -0.130. The lowest BCUT2D eigenvalue weighted by Gasteiger charge is -2.41. The van der Waals surface area contributed by atoms with Crippen LogP contribution >= 0.6 is 0 Å². The summed E-state index contributed by atoms with van der Waals surface area (Å²) in [7, 11) is 0. The third-order valence-electron chi connectivity index (χ3n) is 6.41. The average molecular weight is 421 g/mol. The van der Waals surface area contributed by atoms with E-state index in [0.29, 0.717) is 19.7 Å².